The van der Waals surface area contributed by atoms with Gasteiger partial charge in [0.25, 0.3) is 0 Å². The monoisotopic (exact) mass is 418 g/mol. The summed E-state index contributed by atoms with van der Waals surface area (Å²) in [7, 11) is 0. The van der Waals surface area contributed by atoms with E-state index in [4.69, 9.17) is 4.52 Å². The highest BCUT2D eigenvalue weighted by atomic mass is 19.1. The van der Waals surface area contributed by atoms with Crippen LogP contribution in [-0.4, -0.2) is 41.0 Å². The molecule has 0 fully saturated rings. The second-order valence-electron chi connectivity index (χ2n) is 6.76. The number of halogens is 1. The van der Waals surface area contributed by atoms with Gasteiger partial charge in [-0.3, -0.25) is 14.6 Å². The third-order valence-corrected chi connectivity index (χ3v) is 4.60. The van der Waals surface area contributed by atoms with Crippen molar-refractivity contribution >= 4 is 22.8 Å². The molecule has 0 saturated heterocycles. The van der Waals surface area contributed by atoms with Crippen LogP contribution in [0.2, 0.25) is 0 Å². The Bertz CT molecular complexity index is 1390. The van der Waals surface area contributed by atoms with Crippen molar-refractivity contribution in [1.82, 2.24) is 35.1 Å². The first-order valence-electron chi connectivity index (χ1n) is 9.29. The summed E-state index contributed by atoms with van der Waals surface area (Å²) in [5.74, 6) is 0.109. The molecule has 0 aliphatic rings. The molecule has 4 heterocycles. The van der Waals surface area contributed by atoms with E-state index < -0.39 is 0 Å². The van der Waals surface area contributed by atoms with Gasteiger partial charge in [-0.1, -0.05) is 23.4 Å². The summed E-state index contributed by atoms with van der Waals surface area (Å²) in [6.45, 7) is 1.58. The number of carbonyl (C=O) groups excluding carboxylic acids is 1. The minimum absolute atomic E-state index is 0.188. The van der Waals surface area contributed by atoms with Crippen LogP contribution in [0.15, 0.2) is 53.4 Å². The first-order valence-corrected chi connectivity index (χ1v) is 9.29. The van der Waals surface area contributed by atoms with Crippen molar-refractivity contribution in [3.63, 3.8) is 0 Å². The van der Waals surface area contributed by atoms with Crippen LogP contribution < -0.4 is 5.32 Å². The van der Waals surface area contributed by atoms with Gasteiger partial charge in [-0.05, 0) is 12.1 Å². The Hall–Kier alpha value is -4.41. The van der Waals surface area contributed by atoms with Crippen LogP contribution in [0, 0.1) is 5.82 Å². The Balaban J connectivity index is 1.56. The minimum Gasteiger partial charge on any atom is -0.364 e. The second kappa shape index (κ2) is 7.44. The van der Waals surface area contributed by atoms with Crippen molar-refractivity contribution in [2.45, 2.75) is 13.5 Å². The van der Waals surface area contributed by atoms with E-state index >= 15 is 0 Å². The third-order valence-electron chi connectivity index (χ3n) is 4.60. The molecule has 1 aromatic carbocycles. The number of amides is 1. The van der Waals surface area contributed by atoms with Crippen molar-refractivity contribution in [1.29, 1.82) is 0 Å². The maximum absolute atomic E-state index is 14.2. The summed E-state index contributed by atoms with van der Waals surface area (Å²) < 4.78 is 20.8. The summed E-state index contributed by atoms with van der Waals surface area (Å²) in [6, 6.07) is 9.94. The minimum atomic E-state index is -0.328. The molecule has 0 bridgehead atoms. The van der Waals surface area contributed by atoms with E-state index in [9.17, 15) is 9.18 Å². The molecule has 4 aromatic heterocycles. The maximum atomic E-state index is 14.2. The molecule has 0 radical (unpaired) electrons. The van der Waals surface area contributed by atoms with Crippen molar-refractivity contribution in [2.24, 2.45) is 0 Å². The van der Waals surface area contributed by atoms with Crippen LogP contribution in [0.25, 0.3) is 33.9 Å². The Morgan fingerprint density at radius 1 is 1.26 bits per heavy atom. The number of aromatic nitrogens is 7. The van der Waals surface area contributed by atoms with Gasteiger partial charge in [0.2, 0.25) is 5.91 Å². The lowest BCUT2D eigenvalue weighted by Gasteiger charge is -2.06. The van der Waals surface area contributed by atoms with Gasteiger partial charge in [-0.25, -0.2) is 14.4 Å². The number of fused-ring (bicyclic) bond motifs is 1. The van der Waals surface area contributed by atoms with Gasteiger partial charge in [-0.15, -0.1) is 0 Å². The Morgan fingerprint density at radius 3 is 2.90 bits per heavy atom. The fourth-order valence-corrected chi connectivity index (χ4v) is 3.18. The quantitative estimate of drug-likeness (QED) is 0.449. The lowest BCUT2D eigenvalue weighted by molar-refractivity contribution is -0.114. The van der Waals surface area contributed by atoms with Gasteiger partial charge in [0.15, 0.2) is 17.3 Å². The molecule has 0 saturated carbocycles. The van der Waals surface area contributed by atoms with Gasteiger partial charge in [0, 0.05) is 24.8 Å². The predicted octanol–water partition coefficient (Wildman–Crippen LogP) is 3.02. The predicted molar refractivity (Wildman–Crippen MR) is 108 cm³/mol. The molecule has 2 N–H and O–H groups in total. The molecule has 5 aromatic rings. The summed E-state index contributed by atoms with van der Waals surface area (Å²) in [6.07, 6.45) is 3.00. The molecule has 0 atom stereocenters. The first kappa shape index (κ1) is 18.6. The lowest BCUT2D eigenvalue weighted by Crippen LogP contribution is -2.06. The van der Waals surface area contributed by atoms with Crippen LogP contribution in [0.5, 0.6) is 0 Å². The van der Waals surface area contributed by atoms with E-state index in [-0.39, 0.29) is 18.3 Å². The van der Waals surface area contributed by atoms with E-state index in [1.165, 1.54) is 19.3 Å². The van der Waals surface area contributed by atoms with Gasteiger partial charge >= 0.3 is 0 Å². The average molecular weight is 418 g/mol. The number of anilines is 1. The topological polar surface area (TPSA) is 127 Å². The Kier molecular flexibility index (Phi) is 4.47. The molecule has 154 valence electrons. The Labute approximate surface area is 174 Å². The molecule has 0 unspecified atom stereocenters. The average Bonchev–Trinajstić information content (AvgIpc) is 3.49. The van der Waals surface area contributed by atoms with Crippen LogP contribution >= 0.6 is 0 Å². The smallest absolute Gasteiger partial charge is 0.222 e. The molecule has 1 amide bonds. The SMILES string of the molecule is CC(=O)Nc1n[nH]c2nc(-c3cc(-c4ccon4)n(Cc4ccccc4F)n3)ncc12. The number of benzene rings is 1. The standard InChI is InChI=1S/C20H15FN8O2/c1-11(30)23-18-13-9-22-20(24-19(13)26-25-18)16-8-17(15-6-7-31-28-15)29(27-16)10-12-4-2-3-5-14(12)21/h2-9H,10H2,1H3,(H2,22,23,24,25,26,30). The van der Waals surface area contributed by atoms with Crippen LogP contribution in [-0.2, 0) is 11.3 Å². The van der Waals surface area contributed by atoms with E-state index in [0.717, 1.165) is 0 Å². The van der Waals surface area contributed by atoms with E-state index in [1.807, 2.05) is 0 Å². The van der Waals surface area contributed by atoms with Crippen molar-refractivity contribution in [3.05, 3.63) is 60.2 Å². The fourth-order valence-electron chi connectivity index (χ4n) is 3.18. The van der Waals surface area contributed by atoms with Crippen LogP contribution in [0.1, 0.15) is 12.5 Å². The zero-order valence-electron chi connectivity index (χ0n) is 16.2. The molecule has 10 nitrogen and oxygen atoms in total. The molecule has 0 aliphatic heterocycles. The fraction of sp³-hybridized carbons (Fsp3) is 0.100. The van der Waals surface area contributed by atoms with E-state index in [1.54, 1.807) is 41.2 Å². The van der Waals surface area contributed by atoms with Crippen molar-refractivity contribution in [2.75, 3.05) is 5.32 Å². The molecule has 31 heavy (non-hydrogen) atoms. The van der Waals surface area contributed by atoms with Gasteiger partial charge in [0.05, 0.1) is 17.6 Å². The number of hydrogen-bond acceptors (Lipinski definition) is 7. The number of nitrogens with zero attached hydrogens (tertiary/aromatic N) is 6. The summed E-state index contributed by atoms with van der Waals surface area (Å²) in [5, 5.41) is 18.6. The van der Waals surface area contributed by atoms with Gasteiger partial charge in [0.1, 0.15) is 23.5 Å². The molecule has 0 aliphatic carbocycles. The summed E-state index contributed by atoms with van der Waals surface area (Å²) >= 11 is 0. The number of nitrogens with one attached hydrogen (secondary N) is 2. The molecular formula is C20H15FN8O2. The third kappa shape index (κ3) is 3.52. The second-order valence-corrected chi connectivity index (χ2v) is 6.76. The van der Waals surface area contributed by atoms with Crippen molar-refractivity contribution in [3.8, 4) is 22.9 Å². The molecule has 0 spiro atoms. The van der Waals surface area contributed by atoms with Gasteiger partial charge < -0.3 is 9.84 Å². The number of hydrogen-bond donors (Lipinski definition) is 2. The number of carbonyl (C=O) groups is 1. The zero-order valence-corrected chi connectivity index (χ0v) is 16.2. The zero-order chi connectivity index (χ0) is 21.4. The van der Waals surface area contributed by atoms with Crippen LogP contribution in [0.4, 0.5) is 10.2 Å². The number of H-pyrrole nitrogens is 1. The van der Waals surface area contributed by atoms with Crippen molar-refractivity contribution < 1.29 is 13.7 Å². The molecule has 11 heteroatoms. The van der Waals surface area contributed by atoms with Gasteiger partial charge in [-0.2, -0.15) is 10.2 Å². The highest BCUT2D eigenvalue weighted by Crippen LogP contribution is 2.26. The van der Waals surface area contributed by atoms with E-state index in [0.29, 0.717) is 45.3 Å². The largest absolute Gasteiger partial charge is 0.364 e. The Morgan fingerprint density at radius 2 is 2.13 bits per heavy atom. The first-order chi connectivity index (χ1) is 15.1. The van der Waals surface area contributed by atoms with E-state index in [2.05, 4.69) is 35.7 Å². The number of rotatable bonds is 5. The molecule has 5 rings (SSSR count). The molecular weight excluding hydrogens is 403 g/mol. The summed E-state index contributed by atoms with van der Waals surface area (Å²) in [4.78, 5) is 20.1. The van der Waals surface area contributed by atoms with Crippen LogP contribution in [0.3, 0.4) is 0 Å². The summed E-state index contributed by atoms with van der Waals surface area (Å²) in [5.41, 5.74) is 2.56. The number of aromatic amines is 1. The maximum Gasteiger partial charge on any atom is 0.222 e. The highest BCUT2D eigenvalue weighted by Gasteiger charge is 2.18. The normalized spacial score (nSPS) is 11.2. The lowest BCUT2D eigenvalue weighted by atomic mass is 10.2. The highest BCUT2D eigenvalue weighted by molar-refractivity contribution is 5.97.